The first-order chi connectivity index (χ1) is 10.9. The maximum atomic E-state index is 12.3. The van der Waals surface area contributed by atoms with Gasteiger partial charge >= 0.3 is 0 Å². The summed E-state index contributed by atoms with van der Waals surface area (Å²) in [5, 5.41) is 3.18. The number of anilines is 1. The first-order valence-electron chi connectivity index (χ1n) is 6.78. The Hall–Kier alpha value is -1.99. The molecule has 6 nitrogen and oxygen atoms in total. The topological polar surface area (TPSA) is 84.1 Å². The summed E-state index contributed by atoms with van der Waals surface area (Å²) in [4.78, 5) is 30.5. The fourth-order valence-corrected chi connectivity index (χ4v) is 2.87. The van der Waals surface area contributed by atoms with Crippen molar-refractivity contribution >= 4 is 35.0 Å². The minimum absolute atomic E-state index is 0.246. The van der Waals surface area contributed by atoms with Gasteiger partial charge in [0.15, 0.2) is 5.16 Å². The van der Waals surface area contributed by atoms with Gasteiger partial charge in [0.25, 0.3) is 5.56 Å². The predicted molar refractivity (Wildman–Crippen MR) is 91.5 cm³/mol. The van der Waals surface area contributed by atoms with Crippen molar-refractivity contribution in [3.05, 3.63) is 45.3 Å². The second-order valence-corrected chi connectivity index (χ2v) is 6.55. The van der Waals surface area contributed by atoms with E-state index in [1.807, 2.05) is 0 Å². The van der Waals surface area contributed by atoms with Gasteiger partial charge in [-0.05, 0) is 32.0 Å². The quantitative estimate of drug-likeness (QED) is 0.637. The zero-order valence-electron chi connectivity index (χ0n) is 12.8. The molecule has 1 unspecified atom stereocenters. The summed E-state index contributed by atoms with van der Waals surface area (Å²) in [6.45, 7) is 3.44. The molecule has 0 aliphatic heterocycles. The molecule has 0 aliphatic carbocycles. The van der Waals surface area contributed by atoms with E-state index in [1.165, 1.54) is 13.2 Å². The van der Waals surface area contributed by atoms with E-state index in [4.69, 9.17) is 16.3 Å². The average molecular weight is 354 g/mol. The van der Waals surface area contributed by atoms with Crippen LogP contribution in [0.2, 0.25) is 5.02 Å². The first kappa shape index (κ1) is 17.4. The standard InChI is InChI=1S/C15H16ClN3O3S/c1-8-6-13(20)19-15(17-8)23-9(2)14(21)18-11-7-10(16)4-5-12(11)22-3/h4-7,9H,1-3H3,(H,18,21)(H,17,19,20). The van der Waals surface area contributed by atoms with E-state index in [1.54, 1.807) is 32.0 Å². The number of ether oxygens (including phenoxy) is 1. The Kier molecular flexibility index (Phi) is 5.68. The van der Waals surface area contributed by atoms with Gasteiger partial charge in [-0.2, -0.15) is 0 Å². The number of thioether (sulfide) groups is 1. The third kappa shape index (κ3) is 4.74. The van der Waals surface area contributed by atoms with E-state index in [0.29, 0.717) is 27.3 Å². The molecule has 122 valence electrons. The maximum Gasteiger partial charge on any atom is 0.251 e. The zero-order valence-corrected chi connectivity index (χ0v) is 14.4. The number of benzene rings is 1. The minimum atomic E-state index is -0.469. The molecule has 2 aromatic rings. The number of hydrogen-bond acceptors (Lipinski definition) is 5. The summed E-state index contributed by atoms with van der Waals surface area (Å²) in [7, 11) is 1.51. The number of carbonyl (C=O) groups is 1. The normalized spacial score (nSPS) is 11.8. The molecule has 23 heavy (non-hydrogen) atoms. The van der Waals surface area contributed by atoms with Crippen LogP contribution in [-0.2, 0) is 4.79 Å². The second kappa shape index (κ2) is 7.52. The van der Waals surface area contributed by atoms with Crippen molar-refractivity contribution in [2.45, 2.75) is 24.3 Å². The molecule has 1 atom stereocenters. The zero-order chi connectivity index (χ0) is 17.0. The number of halogens is 1. The number of nitrogens with one attached hydrogen (secondary N) is 2. The van der Waals surface area contributed by atoms with Crippen LogP contribution < -0.4 is 15.6 Å². The summed E-state index contributed by atoms with van der Waals surface area (Å²) in [5.41, 5.74) is 0.840. The smallest absolute Gasteiger partial charge is 0.251 e. The summed E-state index contributed by atoms with van der Waals surface area (Å²) < 4.78 is 5.19. The van der Waals surface area contributed by atoms with Gasteiger partial charge in [-0.15, -0.1) is 0 Å². The number of hydrogen-bond donors (Lipinski definition) is 2. The molecular formula is C15H16ClN3O3S. The van der Waals surface area contributed by atoms with Crippen LogP contribution in [-0.4, -0.2) is 28.2 Å². The molecule has 0 aliphatic rings. The van der Waals surface area contributed by atoms with Gasteiger partial charge in [0, 0.05) is 16.8 Å². The number of aryl methyl sites for hydroxylation is 1. The molecule has 1 amide bonds. The number of H-pyrrole nitrogens is 1. The summed E-state index contributed by atoms with van der Waals surface area (Å²) in [6.07, 6.45) is 0. The molecule has 0 fully saturated rings. The van der Waals surface area contributed by atoms with Crippen LogP contribution in [0, 0.1) is 6.92 Å². The van der Waals surface area contributed by atoms with E-state index in [0.717, 1.165) is 11.8 Å². The summed E-state index contributed by atoms with van der Waals surface area (Å²) >= 11 is 7.10. The van der Waals surface area contributed by atoms with E-state index in [2.05, 4.69) is 15.3 Å². The Morgan fingerprint density at radius 2 is 2.17 bits per heavy atom. The minimum Gasteiger partial charge on any atom is -0.495 e. The Morgan fingerprint density at radius 3 is 2.83 bits per heavy atom. The van der Waals surface area contributed by atoms with E-state index < -0.39 is 5.25 Å². The predicted octanol–water partition coefficient (Wildman–Crippen LogP) is 2.86. The van der Waals surface area contributed by atoms with E-state index >= 15 is 0 Å². The van der Waals surface area contributed by atoms with Gasteiger partial charge in [-0.1, -0.05) is 23.4 Å². The highest BCUT2D eigenvalue weighted by molar-refractivity contribution is 8.00. The largest absolute Gasteiger partial charge is 0.495 e. The molecule has 1 heterocycles. The monoisotopic (exact) mass is 353 g/mol. The van der Waals surface area contributed by atoms with Crippen LogP contribution >= 0.6 is 23.4 Å². The van der Waals surface area contributed by atoms with Crippen molar-refractivity contribution < 1.29 is 9.53 Å². The number of rotatable bonds is 5. The molecular weight excluding hydrogens is 338 g/mol. The lowest BCUT2D eigenvalue weighted by atomic mass is 10.3. The van der Waals surface area contributed by atoms with Crippen molar-refractivity contribution in [3.63, 3.8) is 0 Å². The van der Waals surface area contributed by atoms with E-state index in [-0.39, 0.29) is 11.5 Å². The molecule has 0 radical (unpaired) electrons. The molecule has 1 aromatic heterocycles. The van der Waals surface area contributed by atoms with Gasteiger partial charge in [0.05, 0.1) is 18.0 Å². The van der Waals surface area contributed by atoms with Gasteiger partial charge in [0.2, 0.25) is 5.91 Å². The Morgan fingerprint density at radius 1 is 1.43 bits per heavy atom. The van der Waals surface area contributed by atoms with Gasteiger partial charge < -0.3 is 15.0 Å². The van der Waals surface area contributed by atoms with Crippen LogP contribution in [0.1, 0.15) is 12.6 Å². The molecule has 0 spiro atoms. The summed E-state index contributed by atoms with van der Waals surface area (Å²) in [5.74, 6) is 0.266. The number of aromatic nitrogens is 2. The average Bonchev–Trinajstić information content (AvgIpc) is 2.46. The SMILES string of the molecule is COc1ccc(Cl)cc1NC(=O)C(C)Sc1nc(C)cc(=O)[nH]1. The van der Waals surface area contributed by atoms with Crippen molar-refractivity contribution in [1.82, 2.24) is 9.97 Å². The van der Waals surface area contributed by atoms with Crippen LogP contribution in [0.15, 0.2) is 34.2 Å². The molecule has 2 rings (SSSR count). The van der Waals surface area contributed by atoms with Crippen molar-refractivity contribution in [2.24, 2.45) is 0 Å². The molecule has 0 saturated carbocycles. The van der Waals surface area contributed by atoms with Gasteiger partial charge in [0.1, 0.15) is 5.75 Å². The number of aromatic amines is 1. The molecule has 0 bridgehead atoms. The second-order valence-electron chi connectivity index (χ2n) is 4.79. The molecule has 1 aromatic carbocycles. The van der Waals surface area contributed by atoms with Crippen molar-refractivity contribution in [2.75, 3.05) is 12.4 Å². The first-order valence-corrected chi connectivity index (χ1v) is 8.04. The Bertz CT molecular complexity index is 779. The molecule has 0 saturated heterocycles. The fraction of sp³-hybridized carbons (Fsp3) is 0.267. The number of carbonyl (C=O) groups excluding carboxylic acids is 1. The van der Waals surface area contributed by atoms with Crippen LogP contribution in [0.5, 0.6) is 5.75 Å². The number of nitrogens with zero attached hydrogens (tertiary/aromatic N) is 1. The summed E-state index contributed by atoms with van der Waals surface area (Å²) in [6, 6.07) is 6.36. The maximum absolute atomic E-state index is 12.3. The van der Waals surface area contributed by atoms with Crippen molar-refractivity contribution in [3.8, 4) is 5.75 Å². The Balaban J connectivity index is 2.11. The highest BCUT2D eigenvalue weighted by atomic mass is 35.5. The molecule has 2 N–H and O–H groups in total. The van der Waals surface area contributed by atoms with Crippen LogP contribution in [0.4, 0.5) is 5.69 Å². The highest BCUT2D eigenvalue weighted by Crippen LogP contribution is 2.29. The third-order valence-corrected chi connectivity index (χ3v) is 4.14. The van der Waals surface area contributed by atoms with Crippen LogP contribution in [0.3, 0.4) is 0 Å². The number of amides is 1. The van der Waals surface area contributed by atoms with E-state index in [9.17, 15) is 9.59 Å². The fourth-order valence-electron chi connectivity index (χ4n) is 1.84. The van der Waals surface area contributed by atoms with Crippen molar-refractivity contribution in [1.29, 1.82) is 0 Å². The van der Waals surface area contributed by atoms with Crippen LogP contribution in [0.25, 0.3) is 0 Å². The lowest BCUT2D eigenvalue weighted by Gasteiger charge is -2.14. The van der Waals surface area contributed by atoms with Gasteiger partial charge in [-0.3, -0.25) is 9.59 Å². The Labute approximate surface area is 142 Å². The lowest BCUT2D eigenvalue weighted by molar-refractivity contribution is -0.115. The molecule has 8 heteroatoms. The lowest BCUT2D eigenvalue weighted by Crippen LogP contribution is -2.23. The number of methoxy groups -OCH3 is 1. The highest BCUT2D eigenvalue weighted by Gasteiger charge is 2.18. The van der Waals surface area contributed by atoms with Gasteiger partial charge in [-0.25, -0.2) is 4.98 Å². The third-order valence-electron chi connectivity index (χ3n) is 2.93.